The van der Waals surface area contributed by atoms with Crippen molar-refractivity contribution < 1.29 is 9.52 Å². The maximum absolute atomic E-state index is 11.3. The number of fused-ring (bicyclic) bond motifs is 1. The molecule has 3 nitrogen and oxygen atoms in total. The van der Waals surface area contributed by atoms with E-state index in [4.69, 9.17) is 16.0 Å². The monoisotopic (exact) mass is 250 g/mol. The van der Waals surface area contributed by atoms with Gasteiger partial charge in [0.05, 0.1) is 0 Å². The number of phenolic OH excluding ortho intramolecular Hbond substituents is 1. The van der Waals surface area contributed by atoms with Crippen molar-refractivity contribution in [3.05, 3.63) is 51.4 Å². The Morgan fingerprint density at radius 2 is 2.24 bits per heavy atom. The van der Waals surface area contributed by atoms with E-state index in [-0.39, 0.29) is 12.2 Å². The molecule has 2 rings (SSSR count). The van der Waals surface area contributed by atoms with Crippen molar-refractivity contribution in [2.24, 2.45) is 0 Å². The summed E-state index contributed by atoms with van der Waals surface area (Å²) in [6, 6.07) is 4.69. The van der Waals surface area contributed by atoms with Gasteiger partial charge in [0, 0.05) is 28.5 Å². The van der Waals surface area contributed by atoms with Crippen molar-refractivity contribution in [2.75, 3.05) is 0 Å². The SMILES string of the molecule is C=C(Cl)Cc1c(O)ccc2c(C)cc(=O)oc12. The summed E-state index contributed by atoms with van der Waals surface area (Å²) in [6.07, 6.45) is 0.261. The Hall–Kier alpha value is -1.74. The highest BCUT2D eigenvalue weighted by Gasteiger charge is 2.12. The third kappa shape index (κ3) is 2.19. The van der Waals surface area contributed by atoms with E-state index < -0.39 is 5.63 Å². The van der Waals surface area contributed by atoms with Crippen molar-refractivity contribution in [3.8, 4) is 5.75 Å². The number of benzene rings is 1. The number of halogens is 1. The van der Waals surface area contributed by atoms with Gasteiger partial charge in [-0.15, -0.1) is 0 Å². The maximum Gasteiger partial charge on any atom is 0.336 e. The molecular weight excluding hydrogens is 240 g/mol. The number of hydrogen-bond donors (Lipinski definition) is 1. The third-order valence-electron chi connectivity index (χ3n) is 2.57. The van der Waals surface area contributed by atoms with Crippen LogP contribution < -0.4 is 5.63 Å². The summed E-state index contributed by atoms with van der Waals surface area (Å²) in [5.41, 5.74) is 1.22. The summed E-state index contributed by atoms with van der Waals surface area (Å²) in [5.74, 6) is 0.0491. The van der Waals surface area contributed by atoms with Gasteiger partial charge in [0.2, 0.25) is 0 Å². The van der Waals surface area contributed by atoms with Crippen LogP contribution in [0.1, 0.15) is 11.1 Å². The Kier molecular flexibility index (Phi) is 2.94. The van der Waals surface area contributed by atoms with E-state index in [1.165, 1.54) is 6.07 Å². The maximum atomic E-state index is 11.3. The lowest BCUT2D eigenvalue weighted by molar-refractivity contribution is 0.466. The lowest BCUT2D eigenvalue weighted by Crippen LogP contribution is -2.00. The summed E-state index contributed by atoms with van der Waals surface area (Å²) >= 11 is 5.74. The zero-order valence-corrected chi connectivity index (χ0v) is 10.0. The van der Waals surface area contributed by atoms with Crippen molar-refractivity contribution in [1.29, 1.82) is 0 Å². The Balaban J connectivity index is 2.84. The molecule has 1 aromatic carbocycles. The number of rotatable bonds is 2. The van der Waals surface area contributed by atoms with Crippen LogP contribution in [0.4, 0.5) is 0 Å². The van der Waals surface area contributed by atoms with Crippen LogP contribution in [0.3, 0.4) is 0 Å². The van der Waals surface area contributed by atoms with Gasteiger partial charge >= 0.3 is 5.63 Å². The van der Waals surface area contributed by atoms with Crippen LogP contribution in [-0.2, 0) is 6.42 Å². The van der Waals surface area contributed by atoms with Gasteiger partial charge in [-0.3, -0.25) is 0 Å². The molecule has 2 aromatic rings. The largest absolute Gasteiger partial charge is 0.508 e. The molecule has 0 bridgehead atoms. The molecule has 0 unspecified atom stereocenters. The normalized spacial score (nSPS) is 10.7. The third-order valence-corrected chi connectivity index (χ3v) is 2.70. The van der Waals surface area contributed by atoms with Gasteiger partial charge in [0.1, 0.15) is 11.3 Å². The smallest absolute Gasteiger partial charge is 0.336 e. The molecule has 0 saturated heterocycles. The molecule has 0 amide bonds. The predicted molar refractivity (Wildman–Crippen MR) is 67.6 cm³/mol. The number of aryl methyl sites for hydroxylation is 1. The molecular formula is C13H11ClO3. The highest BCUT2D eigenvalue weighted by atomic mass is 35.5. The highest BCUT2D eigenvalue weighted by Crippen LogP contribution is 2.30. The average molecular weight is 251 g/mol. The molecule has 17 heavy (non-hydrogen) atoms. The molecule has 0 atom stereocenters. The Morgan fingerprint density at radius 1 is 1.53 bits per heavy atom. The van der Waals surface area contributed by atoms with E-state index in [2.05, 4.69) is 6.58 Å². The lowest BCUT2D eigenvalue weighted by atomic mass is 10.0. The Bertz CT molecular complexity index is 655. The molecule has 1 N–H and O–H groups in total. The second-order valence-electron chi connectivity index (χ2n) is 3.88. The molecule has 1 aromatic heterocycles. The van der Waals surface area contributed by atoms with Gasteiger partial charge in [-0.1, -0.05) is 18.2 Å². The van der Waals surface area contributed by atoms with Gasteiger partial charge in [0.15, 0.2) is 0 Å². The first-order chi connectivity index (χ1) is 7.99. The predicted octanol–water partition coefficient (Wildman–Crippen LogP) is 3.10. The van der Waals surface area contributed by atoms with Crippen LogP contribution in [0, 0.1) is 6.92 Å². The van der Waals surface area contributed by atoms with Crippen molar-refractivity contribution >= 4 is 22.6 Å². The van der Waals surface area contributed by atoms with E-state index >= 15 is 0 Å². The minimum absolute atomic E-state index is 0.0491. The van der Waals surface area contributed by atoms with Gasteiger partial charge in [-0.25, -0.2) is 4.79 Å². The zero-order valence-electron chi connectivity index (χ0n) is 9.29. The molecule has 88 valence electrons. The summed E-state index contributed by atoms with van der Waals surface area (Å²) in [7, 11) is 0. The first-order valence-electron chi connectivity index (χ1n) is 5.07. The fourth-order valence-corrected chi connectivity index (χ4v) is 1.93. The molecule has 0 spiro atoms. The molecule has 4 heteroatoms. The van der Waals surface area contributed by atoms with Crippen LogP contribution >= 0.6 is 11.6 Å². The van der Waals surface area contributed by atoms with Gasteiger partial charge in [-0.2, -0.15) is 0 Å². The van der Waals surface area contributed by atoms with E-state index in [9.17, 15) is 9.90 Å². The van der Waals surface area contributed by atoms with Gasteiger partial charge in [-0.05, 0) is 24.6 Å². The fourth-order valence-electron chi connectivity index (χ4n) is 1.79. The summed E-state index contributed by atoms with van der Waals surface area (Å²) < 4.78 is 5.14. The molecule has 0 saturated carbocycles. The zero-order chi connectivity index (χ0) is 12.6. The van der Waals surface area contributed by atoms with Crippen LogP contribution in [0.5, 0.6) is 5.75 Å². The van der Waals surface area contributed by atoms with Gasteiger partial charge < -0.3 is 9.52 Å². The first-order valence-corrected chi connectivity index (χ1v) is 5.45. The van der Waals surface area contributed by atoms with Crippen LogP contribution in [0.15, 0.2) is 39.0 Å². The average Bonchev–Trinajstić information content (AvgIpc) is 2.21. The highest BCUT2D eigenvalue weighted by molar-refractivity contribution is 6.29. The van der Waals surface area contributed by atoms with Gasteiger partial charge in [0.25, 0.3) is 0 Å². The summed E-state index contributed by atoms with van der Waals surface area (Å²) in [4.78, 5) is 11.3. The second kappa shape index (κ2) is 4.26. The topological polar surface area (TPSA) is 50.4 Å². The number of hydrogen-bond acceptors (Lipinski definition) is 3. The Labute approximate surface area is 103 Å². The van der Waals surface area contributed by atoms with Crippen LogP contribution in [0.2, 0.25) is 0 Å². The molecule has 0 aliphatic carbocycles. The lowest BCUT2D eigenvalue weighted by Gasteiger charge is -2.08. The number of allylic oxidation sites excluding steroid dienone is 1. The minimum Gasteiger partial charge on any atom is -0.508 e. The molecule has 0 aliphatic rings. The van der Waals surface area contributed by atoms with E-state index in [0.29, 0.717) is 16.2 Å². The van der Waals surface area contributed by atoms with E-state index in [1.54, 1.807) is 12.1 Å². The molecule has 0 radical (unpaired) electrons. The second-order valence-corrected chi connectivity index (χ2v) is 4.42. The van der Waals surface area contributed by atoms with Crippen molar-refractivity contribution in [3.63, 3.8) is 0 Å². The summed E-state index contributed by atoms with van der Waals surface area (Å²) in [5, 5.41) is 10.9. The Morgan fingerprint density at radius 3 is 2.88 bits per heavy atom. The fraction of sp³-hybridized carbons (Fsp3) is 0.154. The quantitative estimate of drug-likeness (QED) is 0.834. The molecule has 0 fully saturated rings. The standard InChI is InChI=1S/C13H11ClO3/c1-7-5-12(16)17-13-9(7)3-4-11(15)10(13)6-8(2)14/h3-5,15H,2,6H2,1H3. The van der Waals surface area contributed by atoms with Crippen molar-refractivity contribution in [2.45, 2.75) is 13.3 Å². The first kappa shape index (κ1) is 11.7. The summed E-state index contributed by atoms with van der Waals surface area (Å²) in [6.45, 7) is 5.39. The number of phenols is 1. The minimum atomic E-state index is -0.443. The number of aromatic hydroxyl groups is 1. The van der Waals surface area contributed by atoms with Crippen LogP contribution in [-0.4, -0.2) is 5.11 Å². The molecule has 0 aliphatic heterocycles. The van der Waals surface area contributed by atoms with E-state index in [0.717, 1.165) is 10.9 Å². The van der Waals surface area contributed by atoms with Crippen molar-refractivity contribution in [1.82, 2.24) is 0 Å². The van der Waals surface area contributed by atoms with E-state index in [1.807, 2.05) is 6.92 Å². The van der Waals surface area contributed by atoms with Crippen LogP contribution in [0.25, 0.3) is 11.0 Å². The molecule has 1 heterocycles.